The Morgan fingerprint density at radius 2 is 1.70 bits per heavy atom. The first-order valence-electron chi connectivity index (χ1n) is 11.7. The van der Waals surface area contributed by atoms with Gasteiger partial charge < -0.3 is 10.6 Å². The summed E-state index contributed by atoms with van der Waals surface area (Å²) in [6.45, 7) is 4.47. The summed E-state index contributed by atoms with van der Waals surface area (Å²) in [6.07, 6.45) is 7.44. The van der Waals surface area contributed by atoms with Crippen molar-refractivity contribution < 1.29 is 22.8 Å². The lowest BCUT2D eigenvalue weighted by molar-refractivity contribution is -0.133. The van der Waals surface area contributed by atoms with Crippen molar-refractivity contribution in [1.29, 1.82) is 0 Å². The molecule has 2 N–H and O–H groups in total. The normalized spacial score (nSPS) is 21.5. The van der Waals surface area contributed by atoms with Crippen molar-refractivity contribution in [1.82, 2.24) is 14.5 Å². The van der Waals surface area contributed by atoms with Crippen LogP contribution in [-0.2, 0) is 19.6 Å². The lowest BCUT2D eigenvalue weighted by Crippen LogP contribution is -2.44. The topological polar surface area (TPSA) is 116 Å². The Balaban J connectivity index is 1.54. The monoisotopic (exact) mass is 478 g/mol. The lowest BCUT2D eigenvalue weighted by atomic mass is 9.94. The number of nitrogens with one attached hydrogen (secondary N) is 2. The number of amides is 4. The van der Waals surface area contributed by atoms with Crippen LogP contribution in [0.5, 0.6) is 0 Å². The van der Waals surface area contributed by atoms with Crippen molar-refractivity contribution in [3.8, 4) is 0 Å². The minimum atomic E-state index is -3.53. The van der Waals surface area contributed by atoms with Gasteiger partial charge in [-0.25, -0.2) is 13.2 Å². The molecular formula is C23H34N4O5S. The number of nitrogens with zero attached hydrogens (tertiary/aromatic N) is 2. The van der Waals surface area contributed by atoms with E-state index in [1.807, 2.05) is 0 Å². The number of hydrogen-bond donors (Lipinski definition) is 2. The van der Waals surface area contributed by atoms with E-state index in [4.69, 9.17) is 0 Å². The Hall–Kier alpha value is -2.46. The highest BCUT2D eigenvalue weighted by Crippen LogP contribution is 2.25. The molecule has 1 atom stereocenters. The number of rotatable bonds is 11. The van der Waals surface area contributed by atoms with Gasteiger partial charge in [-0.2, -0.15) is 4.31 Å². The molecule has 1 aromatic rings. The fraction of sp³-hybridized carbons (Fsp3) is 0.609. The second-order valence-electron chi connectivity index (χ2n) is 9.00. The maximum Gasteiger partial charge on any atom is 0.325 e. The summed E-state index contributed by atoms with van der Waals surface area (Å²) in [4.78, 5) is 38.8. The molecule has 2 fully saturated rings. The molecule has 2 aliphatic rings. The summed E-state index contributed by atoms with van der Waals surface area (Å²) < 4.78 is 26.7. The number of carbonyl (C=O) groups is 3. The molecule has 0 aromatic heterocycles. The van der Waals surface area contributed by atoms with E-state index >= 15 is 0 Å². The maximum atomic E-state index is 12.8. The van der Waals surface area contributed by atoms with E-state index in [9.17, 15) is 22.8 Å². The summed E-state index contributed by atoms with van der Waals surface area (Å²) in [5.74, 6) is -0.925. The van der Waals surface area contributed by atoms with Gasteiger partial charge in [-0.05, 0) is 50.5 Å². The third-order valence-electron chi connectivity index (χ3n) is 6.27. The Bertz CT molecular complexity index is 973. The summed E-state index contributed by atoms with van der Waals surface area (Å²) in [6, 6.07) is 5.35. The molecule has 10 heteroatoms. The molecule has 9 nitrogen and oxygen atoms in total. The number of urea groups is 1. The predicted molar refractivity (Wildman–Crippen MR) is 125 cm³/mol. The van der Waals surface area contributed by atoms with E-state index in [2.05, 4.69) is 17.6 Å². The molecular weight excluding hydrogens is 444 g/mol. The quantitative estimate of drug-likeness (QED) is 0.375. The van der Waals surface area contributed by atoms with Gasteiger partial charge in [0.15, 0.2) is 0 Å². The first-order valence-corrected chi connectivity index (χ1v) is 13.2. The fourth-order valence-electron chi connectivity index (χ4n) is 4.27. The lowest BCUT2D eigenvalue weighted by Gasteiger charge is -2.21. The van der Waals surface area contributed by atoms with Gasteiger partial charge in [0.25, 0.3) is 5.91 Å². The maximum absolute atomic E-state index is 12.8. The van der Waals surface area contributed by atoms with Crippen LogP contribution < -0.4 is 10.6 Å². The minimum Gasteiger partial charge on any atom is -0.325 e. The molecule has 182 valence electrons. The summed E-state index contributed by atoms with van der Waals surface area (Å²) in [7, 11) is -3.53. The molecule has 0 spiro atoms. The SMILES string of the molecule is CCCCCCCC1(C)NC(=O)N(CC(=O)Nc2ccc(S(=O)(=O)N3CCCC3)cc2)C1=O. The Kier molecular flexibility index (Phi) is 8.12. The number of sulfonamides is 1. The molecule has 4 amide bonds. The number of hydrogen-bond acceptors (Lipinski definition) is 5. The third kappa shape index (κ3) is 5.92. The molecule has 2 saturated heterocycles. The first kappa shape index (κ1) is 25.2. The van der Waals surface area contributed by atoms with Crippen LogP contribution in [0, 0.1) is 0 Å². The molecule has 1 aromatic carbocycles. The highest BCUT2D eigenvalue weighted by Gasteiger charge is 2.47. The van der Waals surface area contributed by atoms with Crippen LogP contribution in [0.4, 0.5) is 10.5 Å². The molecule has 2 heterocycles. The molecule has 3 rings (SSSR count). The van der Waals surface area contributed by atoms with Crippen molar-refractivity contribution >= 4 is 33.6 Å². The molecule has 1 unspecified atom stereocenters. The number of benzene rings is 1. The van der Waals surface area contributed by atoms with Crippen LogP contribution in [0.1, 0.15) is 65.2 Å². The smallest absolute Gasteiger partial charge is 0.325 e. The van der Waals surface area contributed by atoms with E-state index < -0.39 is 40.0 Å². The number of imide groups is 1. The standard InChI is InChI=1S/C23H34N4O5S/c1-3-4-5-6-7-14-23(2)21(29)27(22(30)25-23)17-20(28)24-18-10-12-19(13-11-18)33(31,32)26-15-8-9-16-26/h10-13H,3-9,14-17H2,1-2H3,(H,24,28)(H,25,30). The van der Waals surface area contributed by atoms with E-state index in [0.29, 0.717) is 25.2 Å². The van der Waals surface area contributed by atoms with E-state index in [1.54, 1.807) is 6.92 Å². The largest absolute Gasteiger partial charge is 0.325 e. The van der Waals surface area contributed by atoms with Crippen molar-refractivity contribution in [2.75, 3.05) is 25.0 Å². The number of anilines is 1. The van der Waals surface area contributed by atoms with Crippen molar-refractivity contribution in [3.05, 3.63) is 24.3 Å². The molecule has 0 radical (unpaired) electrons. The van der Waals surface area contributed by atoms with Crippen LogP contribution in [0.2, 0.25) is 0 Å². The summed E-state index contributed by atoms with van der Waals surface area (Å²) >= 11 is 0. The van der Waals surface area contributed by atoms with Crippen molar-refractivity contribution in [2.45, 2.75) is 75.6 Å². The zero-order valence-electron chi connectivity index (χ0n) is 19.4. The van der Waals surface area contributed by atoms with Gasteiger partial charge in [-0.1, -0.05) is 39.0 Å². The third-order valence-corrected chi connectivity index (χ3v) is 8.18. The highest BCUT2D eigenvalue weighted by molar-refractivity contribution is 7.89. The van der Waals surface area contributed by atoms with Gasteiger partial charge >= 0.3 is 6.03 Å². The molecule has 0 aliphatic carbocycles. The predicted octanol–water partition coefficient (Wildman–Crippen LogP) is 3.08. The van der Waals surface area contributed by atoms with Crippen molar-refractivity contribution in [2.24, 2.45) is 0 Å². The van der Waals surface area contributed by atoms with E-state index in [1.165, 1.54) is 28.6 Å². The van der Waals surface area contributed by atoms with Crippen LogP contribution in [0.3, 0.4) is 0 Å². The van der Waals surface area contributed by atoms with Crippen LogP contribution in [0.15, 0.2) is 29.2 Å². The molecule has 2 aliphatic heterocycles. The van der Waals surface area contributed by atoms with Gasteiger partial charge in [0.05, 0.1) is 4.90 Å². The molecule has 0 bridgehead atoms. The van der Waals surface area contributed by atoms with Gasteiger partial charge in [-0.15, -0.1) is 0 Å². The van der Waals surface area contributed by atoms with E-state index in [-0.39, 0.29) is 4.90 Å². The highest BCUT2D eigenvalue weighted by atomic mass is 32.2. The van der Waals surface area contributed by atoms with Crippen LogP contribution >= 0.6 is 0 Å². The van der Waals surface area contributed by atoms with Gasteiger partial charge in [-0.3, -0.25) is 14.5 Å². The van der Waals surface area contributed by atoms with Crippen molar-refractivity contribution in [3.63, 3.8) is 0 Å². The van der Waals surface area contributed by atoms with Crippen LogP contribution in [0.25, 0.3) is 0 Å². The molecule has 0 saturated carbocycles. The van der Waals surface area contributed by atoms with Gasteiger partial charge in [0.2, 0.25) is 15.9 Å². The minimum absolute atomic E-state index is 0.172. The molecule has 33 heavy (non-hydrogen) atoms. The first-order chi connectivity index (χ1) is 15.7. The summed E-state index contributed by atoms with van der Waals surface area (Å²) in [5, 5.41) is 5.36. The zero-order valence-corrected chi connectivity index (χ0v) is 20.2. The van der Waals surface area contributed by atoms with Crippen LogP contribution in [-0.4, -0.2) is 60.6 Å². The number of carbonyl (C=O) groups excluding carboxylic acids is 3. The average Bonchev–Trinajstić information content (AvgIpc) is 3.39. The Morgan fingerprint density at radius 1 is 1.06 bits per heavy atom. The van der Waals surface area contributed by atoms with E-state index in [0.717, 1.165) is 49.8 Å². The second kappa shape index (κ2) is 10.6. The fourth-order valence-corrected chi connectivity index (χ4v) is 5.79. The zero-order chi connectivity index (χ0) is 24.1. The number of unbranched alkanes of at least 4 members (excludes halogenated alkanes) is 4. The Labute approximate surface area is 195 Å². The average molecular weight is 479 g/mol. The Morgan fingerprint density at radius 3 is 2.33 bits per heavy atom. The second-order valence-corrected chi connectivity index (χ2v) is 10.9. The van der Waals surface area contributed by atoms with Gasteiger partial charge in [0.1, 0.15) is 12.1 Å². The summed E-state index contributed by atoms with van der Waals surface area (Å²) in [5.41, 5.74) is -0.596. The van der Waals surface area contributed by atoms with Gasteiger partial charge in [0, 0.05) is 18.8 Å².